The predicted molar refractivity (Wildman–Crippen MR) is 52.3 cm³/mol. The lowest BCUT2D eigenvalue weighted by Crippen LogP contribution is -2.15. The van der Waals surface area contributed by atoms with Crippen molar-refractivity contribution < 1.29 is 9.53 Å². The van der Waals surface area contributed by atoms with Gasteiger partial charge in [0.25, 0.3) is 0 Å². The van der Waals surface area contributed by atoms with Crippen LogP contribution in [0.5, 0.6) is 0 Å². The monoisotopic (exact) mass is 182 g/mol. The Kier molecular flexibility index (Phi) is 4.00. The first-order valence-electron chi connectivity index (χ1n) is 5.06. The van der Waals surface area contributed by atoms with E-state index < -0.39 is 0 Å². The Hall–Kier alpha value is -0.790. The topological polar surface area (TPSA) is 26.3 Å². The van der Waals surface area contributed by atoms with Crippen LogP contribution in [0.2, 0.25) is 0 Å². The minimum Gasteiger partial charge on any atom is -0.466 e. The van der Waals surface area contributed by atoms with Crippen molar-refractivity contribution in [1.29, 1.82) is 0 Å². The van der Waals surface area contributed by atoms with Gasteiger partial charge in [0.2, 0.25) is 0 Å². The van der Waals surface area contributed by atoms with Crippen molar-refractivity contribution in [2.45, 2.75) is 39.0 Å². The van der Waals surface area contributed by atoms with Gasteiger partial charge in [0.15, 0.2) is 0 Å². The van der Waals surface area contributed by atoms with Gasteiger partial charge < -0.3 is 4.74 Å². The molecule has 0 amide bonds. The second kappa shape index (κ2) is 5.05. The van der Waals surface area contributed by atoms with Crippen LogP contribution in [-0.2, 0) is 9.53 Å². The van der Waals surface area contributed by atoms with Crippen LogP contribution >= 0.6 is 0 Å². The lowest BCUT2D eigenvalue weighted by molar-refractivity contribution is -0.134. The van der Waals surface area contributed by atoms with Crippen molar-refractivity contribution in [2.24, 2.45) is 5.92 Å². The highest BCUT2D eigenvalue weighted by molar-refractivity contribution is 5.82. The summed E-state index contributed by atoms with van der Waals surface area (Å²) in [6.07, 6.45) is 7.66. The highest BCUT2D eigenvalue weighted by Gasteiger charge is 2.21. The first-order valence-corrected chi connectivity index (χ1v) is 5.06. The molecule has 0 unspecified atom stereocenters. The quantitative estimate of drug-likeness (QED) is 0.493. The van der Waals surface area contributed by atoms with Crippen LogP contribution in [-0.4, -0.2) is 13.1 Å². The SMILES string of the molecule is CCC/C(=C/C(=O)OC)C1CCC1. The van der Waals surface area contributed by atoms with E-state index in [2.05, 4.69) is 11.7 Å². The molecule has 0 aromatic carbocycles. The Labute approximate surface area is 80.0 Å². The molecule has 0 aliphatic heterocycles. The molecule has 1 fully saturated rings. The van der Waals surface area contributed by atoms with E-state index in [9.17, 15) is 4.79 Å². The maximum atomic E-state index is 11.0. The molecule has 74 valence electrons. The lowest BCUT2D eigenvalue weighted by atomic mass is 9.78. The minimum absolute atomic E-state index is 0.199. The van der Waals surface area contributed by atoms with Crippen molar-refractivity contribution in [3.8, 4) is 0 Å². The Morgan fingerprint density at radius 3 is 2.62 bits per heavy atom. The third-order valence-electron chi connectivity index (χ3n) is 2.67. The number of carbonyl (C=O) groups is 1. The summed E-state index contributed by atoms with van der Waals surface area (Å²) in [5.74, 6) is 0.467. The molecule has 0 aromatic rings. The van der Waals surface area contributed by atoms with Gasteiger partial charge in [-0.25, -0.2) is 4.79 Å². The summed E-state index contributed by atoms with van der Waals surface area (Å²) in [5.41, 5.74) is 1.29. The van der Waals surface area contributed by atoms with Crippen LogP contribution in [0.1, 0.15) is 39.0 Å². The van der Waals surface area contributed by atoms with Crippen LogP contribution in [0.25, 0.3) is 0 Å². The zero-order valence-electron chi connectivity index (χ0n) is 8.51. The fourth-order valence-electron chi connectivity index (χ4n) is 1.67. The van der Waals surface area contributed by atoms with E-state index in [4.69, 9.17) is 0 Å². The van der Waals surface area contributed by atoms with Crippen LogP contribution in [0.4, 0.5) is 0 Å². The molecule has 0 aromatic heterocycles. The number of rotatable bonds is 4. The fourth-order valence-corrected chi connectivity index (χ4v) is 1.67. The van der Waals surface area contributed by atoms with Crippen LogP contribution in [0.15, 0.2) is 11.6 Å². The molecule has 2 nitrogen and oxygen atoms in total. The van der Waals surface area contributed by atoms with Gasteiger partial charge in [0.1, 0.15) is 0 Å². The number of allylic oxidation sites excluding steroid dienone is 1. The van der Waals surface area contributed by atoms with Gasteiger partial charge in [-0.1, -0.05) is 25.3 Å². The average molecular weight is 182 g/mol. The molecule has 0 saturated heterocycles. The zero-order chi connectivity index (χ0) is 9.68. The zero-order valence-corrected chi connectivity index (χ0v) is 8.51. The Bertz CT molecular complexity index is 202. The van der Waals surface area contributed by atoms with E-state index in [1.807, 2.05) is 0 Å². The summed E-state index contributed by atoms with van der Waals surface area (Å²) < 4.78 is 4.63. The summed E-state index contributed by atoms with van der Waals surface area (Å²) in [7, 11) is 1.43. The number of methoxy groups -OCH3 is 1. The largest absolute Gasteiger partial charge is 0.466 e. The van der Waals surface area contributed by atoms with E-state index in [1.54, 1.807) is 6.08 Å². The van der Waals surface area contributed by atoms with E-state index in [1.165, 1.54) is 31.9 Å². The highest BCUT2D eigenvalue weighted by Crippen LogP contribution is 2.35. The van der Waals surface area contributed by atoms with Gasteiger partial charge in [-0.05, 0) is 25.2 Å². The fraction of sp³-hybridized carbons (Fsp3) is 0.727. The van der Waals surface area contributed by atoms with Crippen molar-refractivity contribution in [3.05, 3.63) is 11.6 Å². The third-order valence-corrected chi connectivity index (χ3v) is 2.67. The predicted octanol–water partition coefficient (Wildman–Crippen LogP) is 2.69. The molecule has 0 heterocycles. The molecule has 1 rings (SSSR count). The highest BCUT2D eigenvalue weighted by atomic mass is 16.5. The molecule has 0 bridgehead atoms. The molecule has 1 aliphatic carbocycles. The van der Waals surface area contributed by atoms with Gasteiger partial charge in [-0.2, -0.15) is 0 Å². The van der Waals surface area contributed by atoms with Crippen molar-refractivity contribution in [3.63, 3.8) is 0 Å². The number of esters is 1. The molecule has 0 radical (unpaired) electrons. The van der Waals surface area contributed by atoms with Gasteiger partial charge in [0, 0.05) is 6.08 Å². The van der Waals surface area contributed by atoms with E-state index in [0.29, 0.717) is 5.92 Å². The lowest BCUT2D eigenvalue weighted by Gasteiger charge is -2.28. The summed E-state index contributed by atoms with van der Waals surface area (Å²) in [5, 5.41) is 0. The standard InChI is InChI=1S/C11H18O2/c1-3-5-10(8-11(12)13-2)9-6-4-7-9/h8-9H,3-7H2,1-2H3/b10-8-. The van der Waals surface area contributed by atoms with Crippen LogP contribution in [0, 0.1) is 5.92 Å². The van der Waals surface area contributed by atoms with E-state index in [0.717, 1.165) is 12.8 Å². The second-order valence-electron chi connectivity index (χ2n) is 3.62. The first-order chi connectivity index (χ1) is 6.27. The number of hydrogen-bond acceptors (Lipinski definition) is 2. The first kappa shape index (κ1) is 10.3. The van der Waals surface area contributed by atoms with Gasteiger partial charge in [-0.3, -0.25) is 0 Å². The Balaban J connectivity index is 2.54. The smallest absolute Gasteiger partial charge is 0.330 e. The third kappa shape index (κ3) is 2.87. The second-order valence-corrected chi connectivity index (χ2v) is 3.62. The molecule has 0 N–H and O–H groups in total. The Morgan fingerprint density at radius 1 is 1.54 bits per heavy atom. The normalized spacial score (nSPS) is 18.2. The number of ether oxygens (including phenoxy) is 1. The van der Waals surface area contributed by atoms with E-state index >= 15 is 0 Å². The summed E-state index contributed by atoms with van der Waals surface area (Å²) >= 11 is 0. The van der Waals surface area contributed by atoms with Crippen molar-refractivity contribution in [2.75, 3.05) is 7.11 Å². The van der Waals surface area contributed by atoms with Crippen LogP contribution < -0.4 is 0 Å². The molecular weight excluding hydrogens is 164 g/mol. The maximum Gasteiger partial charge on any atom is 0.330 e. The van der Waals surface area contributed by atoms with Gasteiger partial charge in [-0.15, -0.1) is 0 Å². The average Bonchev–Trinajstić information content (AvgIpc) is 2.01. The minimum atomic E-state index is -0.199. The number of carbonyl (C=O) groups excluding carboxylic acids is 1. The van der Waals surface area contributed by atoms with Gasteiger partial charge in [0.05, 0.1) is 7.11 Å². The molecular formula is C11H18O2. The molecule has 1 saturated carbocycles. The Morgan fingerprint density at radius 2 is 2.23 bits per heavy atom. The summed E-state index contributed by atoms with van der Waals surface area (Å²) in [4.78, 5) is 11.0. The van der Waals surface area contributed by atoms with Gasteiger partial charge >= 0.3 is 5.97 Å². The van der Waals surface area contributed by atoms with E-state index in [-0.39, 0.29) is 5.97 Å². The summed E-state index contributed by atoms with van der Waals surface area (Å²) in [6, 6.07) is 0. The van der Waals surface area contributed by atoms with Crippen molar-refractivity contribution in [1.82, 2.24) is 0 Å². The molecule has 0 spiro atoms. The molecule has 13 heavy (non-hydrogen) atoms. The molecule has 0 atom stereocenters. The van der Waals surface area contributed by atoms with Crippen LogP contribution in [0.3, 0.4) is 0 Å². The maximum absolute atomic E-state index is 11.0. The van der Waals surface area contributed by atoms with Crippen molar-refractivity contribution >= 4 is 5.97 Å². The number of hydrogen-bond donors (Lipinski definition) is 0. The molecule has 2 heteroatoms. The summed E-state index contributed by atoms with van der Waals surface area (Å²) in [6.45, 7) is 2.14. The molecule has 1 aliphatic rings.